The second-order valence-corrected chi connectivity index (χ2v) is 6.50. The molecule has 0 aliphatic carbocycles. The van der Waals surface area contributed by atoms with Gasteiger partial charge in [0.2, 0.25) is 5.91 Å². The van der Waals surface area contributed by atoms with Crippen LogP contribution in [0.5, 0.6) is 0 Å². The molecule has 0 spiro atoms. The van der Waals surface area contributed by atoms with Crippen molar-refractivity contribution < 1.29 is 4.79 Å². The van der Waals surface area contributed by atoms with Crippen molar-refractivity contribution in [3.8, 4) is 0 Å². The highest BCUT2D eigenvalue weighted by Crippen LogP contribution is 2.27. The van der Waals surface area contributed by atoms with Crippen LogP contribution < -0.4 is 11.5 Å². The first-order chi connectivity index (χ1) is 8.20. The van der Waals surface area contributed by atoms with Gasteiger partial charge in [-0.2, -0.15) is 0 Å². The van der Waals surface area contributed by atoms with Gasteiger partial charge in [-0.3, -0.25) is 4.79 Å². The number of nitrogens with two attached hydrogens (primary N) is 2. The zero-order valence-electron chi connectivity index (χ0n) is 11.4. The maximum Gasteiger partial charge on any atom is 0.237 e. The van der Waals surface area contributed by atoms with Gasteiger partial charge in [0.05, 0.1) is 10.6 Å². The third-order valence-corrected chi connectivity index (χ3v) is 3.69. The van der Waals surface area contributed by atoms with Crippen molar-refractivity contribution in [3.63, 3.8) is 0 Å². The topological polar surface area (TPSA) is 82.0 Å². The summed E-state index contributed by atoms with van der Waals surface area (Å²) in [5.74, 6) is -0.469. The molecule has 1 rings (SSSR count). The van der Waals surface area contributed by atoms with Crippen LogP contribution in [0.1, 0.15) is 31.5 Å². The summed E-state index contributed by atoms with van der Waals surface area (Å²) in [6, 6.07) is 4.07. The highest BCUT2D eigenvalue weighted by Gasteiger charge is 2.28. The van der Waals surface area contributed by atoms with Gasteiger partial charge in [-0.25, -0.2) is 4.98 Å². The standard InChI is InChI=1S/C13H21N3OS/c1-8-5-9(2)16-11(6-8)18-10(3)7-13(4,15)12(14)17/h5-6,10H,7,15H2,1-4H3,(H2,14,17). The number of carbonyl (C=O) groups excluding carboxylic acids is 1. The summed E-state index contributed by atoms with van der Waals surface area (Å²) in [4.78, 5) is 15.6. The van der Waals surface area contributed by atoms with E-state index in [2.05, 4.69) is 4.98 Å². The van der Waals surface area contributed by atoms with E-state index in [9.17, 15) is 4.79 Å². The average molecular weight is 267 g/mol. The molecular weight excluding hydrogens is 246 g/mol. The number of thioether (sulfide) groups is 1. The van der Waals surface area contributed by atoms with Gasteiger partial charge < -0.3 is 11.5 Å². The minimum Gasteiger partial charge on any atom is -0.368 e. The molecular formula is C13H21N3OS. The van der Waals surface area contributed by atoms with E-state index in [0.717, 1.165) is 10.7 Å². The molecule has 1 aromatic rings. The fraction of sp³-hybridized carbons (Fsp3) is 0.538. The van der Waals surface area contributed by atoms with Gasteiger partial charge in [-0.1, -0.05) is 6.92 Å². The predicted octanol–water partition coefficient (Wildman–Crippen LogP) is 1.77. The Labute approximate surface area is 113 Å². The maximum absolute atomic E-state index is 11.2. The van der Waals surface area contributed by atoms with Crippen molar-refractivity contribution in [1.29, 1.82) is 0 Å². The highest BCUT2D eigenvalue weighted by molar-refractivity contribution is 7.99. The van der Waals surface area contributed by atoms with E-state index in [0.29, 0.717) is 6.42 Å². The quantitative estimate of drug-likeness (QED) is 0.797. The predicted molar refractivity (Wildman–Crippen MR) is 75.4 cm³/mol. The molecule has 0 bridgehead atoms. The molecule has 4 nitrogen and oxygen atoms in total. The summed E-state index contributed by atoms with van der Waals surface area (Å²) in [7, 11) is 0. The highest BCUT2D eigenvalue weighted by atomic mass is 32.2. The summed E-state index contributed by atoms with van der Waals surface area (Å²) >= 11 is 1.62. The third kappa shape index (κ3) is 4.31. The van der Waals surface area contributed by atoms with Crippen LogP contribution >= 0.6 is 11.8 Å². The molecule has 0 saturated heterocycles. The minimum atomic E-state index is -0.967. The number of hydrogen-bond acceptors (Lipinski definition) is 4. The van der Waals surface area contributed by atoms with E-state index >= 15 is 0 Å². The van der Waals surface area contributed by atoms with Crippen LogP contribution in [-0.2, 0) is 4.79 Å². The lowest BCUT2D eigenvalue weighted by molar-refractivity contribution is -0.122. The first-order valence-corrected chi connectivity index (χ1v) is 6.79. The van der Waals surface area contributed by atoms with Gasteiger partial charge in [0.25, 0.3) is 0 Å². The molecule has 0 aromatic carbocycles. The lowest BCUT2D eigenvalue weighted by Crippen LogP contribution is -2.50. The Morgan fingerprint density at radius 3 is 2.61 bits per heavy atom. The summed E-state index contributed by atoms with van der Waals surface area (Å²) in [5, 5.41) is 1.14. The molecule has 0 aliphatic rings. The Balaban J connectivity index is 2.70. The van der Waals surface area contributed by atoms with Crippen LogP contribution in [0.25, 0.3) is 0 Å². The second-order valence-electron chi connectivity index (χ2n) is 5.04. The molecule has 0 saturated carbocycles. The molecule has 18 heavy (non-hydrogen) atoms. The Kier molecular flexibility index (Phi) is 4.76. The van der Waals surface area contributed by atoms with Crippen LogP contribution in [0.4, 0.5) is 0 Å². The molecule has 100 valence electrons. The summed E-state index contributed by atoms with van der Waals surface area (Å²) < 4.78 is 0. The molecule has 4 N–H and O–H groups in total. The normalized spacial score (nSPS) is 16.1. The monoisotopic (exact) mass is 267 g/mol. The number of hydrogen-bond donors (Lipinski definition) is 2. The van der Waals surface area contributed by atoms with Crippen LogP contribution in [0, 0.1) is 13.8 Å². The van der Waals surface area contributed by atoms with Crippen LogP contribution in [0.3, 0.4) is 0 Å². The van der Waals surface area contributed by atoms with Crippen molar-refractivity contribution in [2.75, 3.05) is 0 Å². The largest absolute Gasteiger partial charge is 0.368 e. The van der Waals surface area contributed by atoms with Crippen molar-refractivity contribution >= 4 is 17.7 Å². The van der Waals surface area contributed by atoms with Gasteiger partial charge in [-0.15, -0.1) is 11.8 Å². The van der Waals surface area contributed by atoms with Gasteiger partial charge in [0.1, 0.15) is 0 Å². The lowest BCUT2D eigenvalue weighted by Gasteiger charge is -2.24. The molecule has 2 atom stereocenters. The van der Waals surface area contributed by atoms with E-state index in [1.807, 2.05) is 32.9 Å². The van der Waals surface area contributed by atoms with E-state index in [-0.39, 0.29) is 5.25 Å². The van der Waals surface area contributed by atoms with E-state index in [4.69, 9.17) is 11.5 Å². The minimum absolute atomic E-state index is 0.182. The first-order valence-electron chi connectivity index (χ1n) is 5.91. The Morgan fingerprint density at radius 2 is 2.11 bits per heavy atom. The lowest BCUT2D eigenvalue weighted by atomic mass is 9.97. The molecule has 5 heteroatoms. The zero-order chi connectivity index (χ0) is 13.9. The SMILES string of the molecule is Cc1cc(C)nc(SC(C)CC(C)(N)C(N)=O)c1. The number of nitrogens with zero attached hydrogens (tertiary/aromatic N) is 1. The molecule has 1 amide bonds. The number of pyridine rings is 1. The molecule has 0 fully saturated rings. The molecule has 0 radical (unpaired) electrons. The maximum atomic E-state index is 11.2. The number of amides is 1. The van der Waals surface area contributed by atoms with E-state index < -0.39 is 11.4 Å². The van der Waals surface area contributed by atoms with Gasteiger partial charge in [-0.05, 0) is 44.9 Å². The third-order valence-electron chi connectivity index (χ3n) is 2.67. The number of rotatable bonds is 5. The van der Waals surface area contributed by atoms with Gasteiger partial charge >= 0.3 is 0 Å². The van der Waals surface area contributed by atoms with E-state index in [1.165, 1.54) is 5.56 Å². The summed E-state index contributed by atoms with van der Waals surface area (Å²) in [5.41, 5.74) is 12.3. The molecule has 1 aromatic heterocycles. The van der Waals surface area contributed by atoms with Crippen molar-refractivity contribution in [3.05, 3.63) is 23.4 Å². The smallest absolute Gasteiger partial charge is 0.237 e. The van der Waals surface area contributed by atoms with Gasteiger partial charge in [0.15, 0.2) is 0 Å². The van der Waals surface area contributed by atoms with Crippen molar-refractivity contribution in [2.45, 2.75) is 49.9 Å². The Morgan fingerprint density at radius 1 is 1.50 bits per heavy atom. The van der Waals surface area contributed by atoms with E-state index in [1.54, 1.807) is 18.7 Å². The van der Waals surface area contributed by atoms with Crippen LogP contribution in [0.2, 0.25) is 0 Å². The van der Waals surface area contributed by atoms with Crippen LogP contribution in [-0.4, -0.2) is 21.7 Å². The zero-order valence-corrected chi connectivity index (χ0v) is 12.2. The molecule has 1 heterocycles. The summed E-state index contributed by atoms with van der Waals surface area (Å²) in [6.07, 6.45) is 0.529. The van der Waals surface area contributed by atoms with Crippen LogP contribution in [0.15, 0.2) is 17.2 Å². The number of aryl methyl sites for hydroxylation is 2. The fourth-order valence-electron chi connectivity index (χ4n) is 1.81. The first kappa shape index (κ1) is 15.0. The molecule has 2 unspecified atom stereocenters. The van der Waals surface area contributed by atoms with Gasteiger partial charge in [0, 0.05) is 10.9 Å². The average Bonchev–Trinajstić information content (AvgIpc) is 2.13. The van der Waals surface area contributed by atoms with Crippen molar-refractivity contribution in [1.82, 2.24) is 4.98 Å². The Bertz CT molecular complexity index is 426. The number of aromatic nitrogens is 1. The van der Waals surface area contributed by atoms with Crippen molar-refractivity contribution in [2.24, 2.45) is 11.5 Å². The number of carbonyl (C=O) groups is 1. The fourth-order valence-corrected chi connectivity index (χ4v) is 3.10. The second kappa shape index (κ2) is 5.71. The Hall–Kier alpha value is -1.07. The number of primary amides is 1. The summed E-state index contributed by atoms with van der Waals surface area (Å²) in [6.45, 7) is 7.71. The molecule has 0 aliphatic heterocycles.